The van der Waals surface area contributed by atoms with Crippen molar-refractivity contribution in [2.24, 2.45) is 34.5 Å². The van der Waals surface area contributed by atoms with E-state index in [2.05, 4.69) is 32.9 Å². The summed E-state index contributed by atoms with van der Waals surface area (Å²) >= 11 is 6.86. The van der Waals surface area contributed by atoms with E-state index >= 15 is 0 Å². The van der Waals surface area contributed by atoms with E-state index in [4.69, 9.17) is 16.3 Å². The molecule has 2 fully saturated rings. The molecule has 3 nitrogen and oxygen atoms in total. The number of rotatable bonds is 2. The maximum atomic E-state index is 12.8. The molecule has 154 valence electrons. The number of ketones is 1. The summed E-state index contributed by atoms with van der Waals surface area (Å²) in [6, 6.07) is 0. The van der Waals surface area contributed by atoms with Crippen molar-refractivity contribution in [2.45, 2.75) is 78.7 Å². The molecule has 0 radical (unpaired) electrons. The van der Waals surface area contributed by atoms with Gasteiger partial charge in [-0.1, -0.05) is 44.5 Å². The number of ether oxygens (including phenoxy) is 1. The average molecular weight is 405 g/mol. The summed E-state index contributed by atoms with van der Waals surface area (Å²) in [5.74, 6) is 1.44. The molecule has 0 aliphatic heterocycles. The van der Waals surface area contributed by atoms with Crippen molar-refractivity contribution in [3.63, 3.8) is 0 Å². The van der Waals surface area contributed by atoms with Crippen LogP contribution in [-0.2, 0) is 14.3 Å². The van der Waals surface area contributed by atoms with Crippen molar-refractivity contribution in [2.75, 3.05) is 0 Å². The number of halogens is 1. The molecular formula is C24H33ClO3. The summed E-state index contributed by atoms with van der Waals surface area (Å²) in [6.45, 7) is 9.88. The standard InChI is InChI=1S/C24H33ClO3/c1-14-6-9-22(4)18-7-10-23(5)19(17(18)13-21(25)20(22)12-14)8-11-24(23,15(2)26)28-16(3)27/h12-14,17-19H,6-11H2,1-5H3/t14-,17-,18+,19+,22-,23+,24+/m1/s1. The molecule has 0 spiro atoms. The van der Waals surface area contributed by atoms with Crippen LogP contribution in [0.1, 0.15) is 73.1 Å². The van der Waals surface area contributed by atoms with Crippen LogP contribution in [-0.4, -0.2) is 17.4 Å². The van der Waals surface area contributed by atoms with Gasteiger partial charge in [-0.05, 0) is 80.1 Å². The molecule has 4 heteroatoms. The highest BCUT2D eigenvalue weighted by atomic mass is 35.5. The lowest BCUT2D eigenvalue weighted by molar-refractivity contribution is -0.185. The van der Waals surface area contributed by atoms with E-state index in [0.29, 0.717) is 30.1 Å². The Hall–Kier alpha value is -1.09. The van der Waals surface area contributed by atoms with Crippen LogP contribution >= 0.6 is 11.6 Å². The fourth-order valence-electron chi connectivity index (χ4n) is 7.45. The second-order valence-electron chi connectivity index (χ2n) is 10.3. The highest BCUT2D eigenvalue weighted by Gasteiger charge is 2.67. The first kappa shape index (κ1) is 20.2. The van der Waals surface area contributed by atoms with Crippen molar-refractivity contribution in [1.82, 2.24) is 0 Å². The molecule has 0 aromatic rings. The van der Waals surface area contributed by atoms with Gasteiger partial charge in [-0.3, -0.25) is 9.59 Å². The topological polar surface area (TPSA) is 43.4 Å². The van der Waals surface area contributed by atoms with Crippen molar-refractivity contribution in [1.29, 1.82) is 0 Å². The third-order valence-corrected chi connectivity index (χ3v) is 9.27. The molecule has 0 aromatic heterocycles. The lowest BCUT2D eigenvalue weighted by Gasteiger charge is -2.58. The Morgan fingerprint density at radius 2 is 1.71 bits per heavy atom. The van der Waals surface area contributed by atoms with Crippen LogP contribution in [0.3, 0.4) is 0 Å². The summed E-state index contributed by atoms with van der Waals surface area (Å²) in [4.78, 5) is 24.7. The van der Waals surface area contributed by atoms with Crippen LogP contribution in [0.15, 0.2) is 22.8 Å². The van der Waals surface area contributed by atoms with Gasteiger partial charge in [0.25, 0.3) is 0 Å². The molecule has 0 N–H and O–H groups in total. The zero-order valence-corrected chi connectivity index (χ0v) is 18.6. The SMILES string of the molecule is CC(=O)O[C@]1(C(C)=O)CC[C@H]2[C@@H]3C=C(Cl)C4=C[C@H](C)CC[C@]4(C)[C@H]3CC[C@@]21C. The van der Waals surface area contributed by atoms with Crippen LogP contribution in [0, 0.1) is 34.5 Å². The number of hydrogen-bond acceptors (Lipinski definition) is 3. The Labute approximate surface area is 173 Å². The molecule has 0 aromatic carbocycles. The third-order valence-electron chi connectivity index (χ3n) is 8.94. The van der Waals surface area contributed by atoms with E-state index in [-0.39, 0.29) is 22.6 Å². The van der Waals surface area contributed by atoms with Gasteiger partial charge in [0.05, 0.1) is 0 Å². The lowest BCUT2D eigenvalue weighted by Crippen LogP contribution is -2.58. The number of Topliss-reactive ketones (excluding diaryl/α,β-unsaturated/α-hetero) is 1. The van der Waals surface area contributed by atoms with E-state index in [1.54, 1.807) is 6.92 Å². The number of allylic oxidation sites excluding steroid dienone is 4. The summed E-state index contributed by atoms with van der Waals surface area (Å²) in [6.07, 6.45) is 10.6. The minimum Gasteiger partial charge on any atom is -0.451 e. The molecule has 4 aliphatic rings. The highest BCUT2D eigenvalue weighted by Crippen LogP contribution is 2.68. The van der Waals surface area contributed by atoms with Crippen LogP contribution < -0.4 is 0 Å². The maximum absolute atomic E-state index is 12.8. The number of esters is 1. The van der Waals surface area contributed by atoms with Gasteiger partial charge in [-0.15, -0.1) is 0 Å². The summed E-state index contributed by atoms with van der Waals surface area (Å²) in [5, 5.41) is 0.910. The molecular weight excluding hydrogens is 372 g/mol. The Balaban J connectivity index is 1.78. The van der Waals surface area contributed by atoms with Gasteiger partial charge in [0.2, 0.25) is 0 Å². The number of carbonyl (C=O) groups excluding carboxylic acids is 2. The minimum atomic E-state index is -0.979. The largest absolute Gasteiger partial charge is 0.451 e. The third kappa shape index (κ3) is 2.54. The second-order valence-corrected chi connectivity index (χ2v) is 10.7. The molecule has 0 heterocycles. The summed E-state index contributed by atoms with van der Waals surface area (Å²) in [5.41, 5.74) is 0.160. The Morgan fingerprint density at radius 1 is 1.04 bits per heavy atom. The van der Waals surface area contributed by atoms with Gasteiger partial charge in [-0.2, -0.15) is 0 Å². The Kier molecular flexibility index (Phi) is 4.65. The lowest BCUT2D eigenvalue weighted by atomic mass is 9.47. The molecule has 4 rings (SSSR count). The fraction of sp³-hybridized carbons (Fsp3) is 0.750. The predicted octanol–water partition coefficient (Wildman–Crippen LogP) is 5.82. The van der Waals surface area contributed by atoms with Crippen LogP contribution in [0.4, 0.5) is 0 Å². The van der Waals surface area contributed by atoms with Gasteiger partial charge in [0, 0.05) is 17.4 Å². The van der Waals surface area contributed by atoms with E-state index in [0.717, 1.165) is 24.3 Å². The van der Waals surface area contributed by atoms with E-state index in [1.165, 1.54) is 25.3 Å². The van der Waals surface area contributed by atoms with E-state index in [9.17, 15) is 9.59 Å². The van der Waals surface area contributed by atoms with Crippen molar-refractivity contribution >= 4 is 23.4 Å². The monoisotopic (exact) mass is 404 g/mol. The Bertz CT molecular complexity index is 783. The number of carbonyl (C=O) groups is 2. The summed E-state index contributed by atoms with van der Waals surface area (Å²) < 4.78 is 5.83. The van der Waals surface area contributed by atoms with Crippen molar-refractivity contribution in [3.8, 4) is 0 Å². The second kappa shape index (κ2) is 6.45. The van der Waals surface area contributed by atoms with Crippen LogP contribution in [0.2, 0.25) is 0 Å². The molecule has 28 heavy (non-hydrogen) atoms. The Morgan fingerprint density at radius 3 is 2.36 bits per heavy atom. The van der Waals surface area contributed by atoms with Crippen LogP contribution in [0.5, 0.6) is 0 Å². The zero-order valence-electron chi connectivity index (χ0n) is 17.8. The van der Waals surface area contributed by atoms with Crippen molar-refractivity contribution < 1.29 is 14.3 Å². The van der Waals surface area contributed by atoms with E-state index < -0.39 is 5.60 Å². The average Bonchev–Trinajstić information content (AvgIpc) is 2.90. The molecule has 0 saturated heterocycles. The first-order valence-corrected chi connectivity index (χ1v) is 11.2. The van der Waals surface area contributed by atoms with Gasteiger partial charge >= 0.3 is 5.97 Å². The number of hydrogen-bond donors (Lipinski definition) is 0. The first-order chi connectivity index (χ1) is 13.0. The quantitative estimate of drug-likeness (QED) is 0.544. The van der Waals surface area contributed by atoms with Gasteiger partial charge < -0.3 is 4.74 Å². The van der Waals surface area contributed by atoms with Crippen LogP contribution in [0.25, 0.3) is 0 Å². The molecule has 4 aliphatic carbocycles. The number of fused-ring (bicyclic) bond motifs is 5. The van der Waals surface area contributed by atoms with Gasteiger partial charge in [0.15, 0.2) is 11.4 Å². The molecule has 0 bridgehead atoms. The zero-order chi connectivity index (χ0) is 20.5. The molecule has 7 atom stereocenters. The van der Waals surface area contributed by atoms with Crippen molar-refractivity contribution in [3.05, 3.63) is 22.8 Å². The molecule has 2 saturated carbocycles. The predicted molar refractivity (Wildman–Crippen MR) is 111 cm³/mol. The minimum absolute atomic E-state index is 0.00433. The van der Waals surface area contributed by atoms with Gasteiger partial charge in [0.1, 0.15) is 0 Å². The first-order valence-electron chi connectivity index (χ1n) is 10.9. The van der Waals surface area contributed by atoms with E-state index in [1.807, 2.05) is 0 Å². The summed E-state index contributed by atoms with van der Waals surface area (Å²) in [7, 11) is 0. The smallest absolute Gasteiger partial charge is 0.303 e. The molecule has 0 unspecified atom stereocenters. The molecule has 0 amide bonds. The highest BCUT2D eigenvalue weighted by molar-refractivity contribution is 6.32. The fourth-order valence-corrected chi connectivity index (χ4v) is 7.87. The van der Waals surface area contributed by atoms with Gasteiger partial charge in [-0.25, -0.2) is 0 Å². The normalized spacial score (nSPS) is 47.2. The maximum Gasteiger partial charge on any atom is 0.303 e.